The third-order valence-corrected chi connectivity index (χ3v) is 6.58. The lowest BCUT2D eigenvalue weighted by Gasteiger charge is -2.36. The summed E-state index contributed by atoms with van der Waals surface area (Å²) in [7, 11) is 0. The molecule has 3 N–H and O–H groups in total. The molecule has 3 heterocycles. The molecule has 2 aromatic carbocycles. The topological polar surface area (TPSA) is 98.8 Å². The van der Waals surface area contributed by atoms with Gasteiger partial charge in [0.15, 0.2) is 0 Å². The lowest BCUT2D eigenvalue weighted by Crippen LogP contribution is -2.44. The Balaban J connectivity index is 1.22. The van der Waals surface area contributed by atoms with Crippen molar-refractivity contribution in [2.24, 2.45) is 5.92 Å². The van der Waals surface area contributed by atoms with Crippen molar-refractivity contribution in [2.75, 3.05) is 29.9 Å². The van der Waals surface area contributed by atoms with Crippen LogP contribution in [0.15, 0.2) is 70.0 Å². The summed E-state index contributed by atoms with van der Waals surface area (Å²) in [6.45, 7) is 1.39. The molecule has 0 spiro atoms. The van der Waals surface area contributed by atoms with Crippen LogP contribution in [0.25, 0.3) is 21.7 Å². The zero-order chi connectivity index (χ0) is 23.7. The zero-order valence-corrected chi connectivity index (χ0v) is 18.5. The van der Waals surface area contributed by atoms with Gasteiger partial charge >= 0.3 is 5.63 Å². The van der Waals surface area contributed by atoms with Crippen LogP contribution in [-0.2, 0) is 0 Å². The standard InChI is InChI=1S/C26H26FN3O4/c27-18-6-5-16-7-10-28-26(20(16)13-18)30-11-8-17(9-12-30)25(33)22(31)15-29-21-14-24(32)34-23-4-2-1-3-19(21)23/h1-7,10,13-14,17,22,25,29,31,33H,8-9,11-12,15H2/t22-,25+/m1/s1. The third-order valence-electron chi connectivity index (χ3n) is 6.58. The molecule has 34 heavy (non-hydrogen) atoms. The highest BCUT2D eigenvalue weighted by Crippen LogP contribution is 2.30. The highest BCUT2D eigenvalue weighted by atomic mass is 19.1. The molecule has 176 valence electrons. The number of aromatic nitrogens is 1. The number of hydrogen-bond donors (Lipinski definition) is 3. The van der Waals surface area contributed by atoms with Crippen LogP contribution in [0.1, 0.15) is 12.8 Å². The zero-order valence-electron chi connectivity index (χ0n) is 18.5. The van der Waals surface area contributed by atoms with Crippen LogP contribution in [0.4, 0.5) is 15.9 Å². The molecule has 1 fully saturated rings. The summed E-state index contributed by atoms with van der Waals surface area (Å²) in [5.74, 6) is 0.353. The Labute approximate surface area is 195 Å². The minimum atomic E-state index is -1.01. The first-order chi connectivity index (χ1) is 16.5. The van der Waals surface area contributed by atoms with Crippen LogP contribution < -0.4 is 15.8 Å². The van der Waals surface area contributed by atoms with Gasteiger partial charge in [-0.05, 0) is 54.5 Å². The summed E-state index contributed by atoms with van der Waals surface area (Å²) in [6.07, 6.45) is 1.14. The number of piperidine rings is 1. The van der Waals surface area contributed by atoms with E-state index < -0.39 is 17.8 Å². The molecule has 1 aliphatic heterocycles. The molecule has 7 nitrogen and oxygen atoms in total. The van der Waals surface area contributed by atoms with Gasteiger partial charge in [-0.3, -0.25) is 0 Å². The average molecular weight is 464 g/mol. The first kappa shape index (κ1) is 22.3. The Morgan fingerprint density at radius 3 is 2.71 bits per heavy atom. The molecule has 4 aromatic rings. The predicted octanol–water partition coefficient (Wildman–Crippen LogP) is 3.53. The molecule has 0 saturated carbocycles. The van der Waals surface area contributed by atoms with Crippen molar-refractivity contribution in [3.05, 3.63) is 77.0 Å². The van der Waals surface area contributed by atoms with Crippen LogP contribution in [0, 0.1) is 11.7 Å². The van der Waals surface area contributed by atoms with Gasteiger partial charge in [-0.15, -0.1) is 0 Å². The number of hydrogen-bond acceptors (Lipinski definition) is 7. The molecule has 0 radical (unpaired) electrons. The largest absolute Gasteiger partial charge is 0.423 e. The monoisotopic (exact) mass is 463 g/mol. The minimum Gasteiger partial charge on any atom is -0.423 e. The van der Waals surface area contributed by atoms with Gasteiger partial charge in [-0.1, -0.05) is 18.2 Å². The van der Waals surface area contributed by atoms with E-state index in [1.165, 1.54) is 18.2 Å². The van der Waals surface area contributed by atoms with Gasteiger partial charge in [0.25, 0.3) is 0 Å². The van der Waals surface area contributed by atoms with Crippen molar-refractivity contribution >= 4 is 33.2 Å². The van der Waals surface area contributed by atoms with Gasteiger partial charge in [-0.25, -0.2) is 14.2 Å². The highest BCUT2D eigenvalue weighted by Gasteiger charge is 2.30. The van der Waals surface area contributed by atoms with Crippen molar-refractivity contribution in [3.8, 4) is 0 Å². The first-order valence-corrected chi connectivity index (χ1v) is 11.4. The molecule has 0 amide bonds. The summed E-state index contributed by atoms with van der Waals surface area (Å²) >= 11 is 0. The predicted molar refractivity (Wildman–Crippen MR) is 130 cm³/mol. The fourth-order valence-electron chi connectivity index (χ4n) is 4.74. The van der Waals surface area contributed by atoms with Crippen LogP contribution in [0.5, 0.6) is 0 Å². The summed E-state index contributed by atoms with van der Waals surface area (Å²) in [4.78, 5) is 18.4. The van der Waals surface area contributed by atoms with E-state index in [9.17, 15) is 19.4 Å². The molecule has 5 rings (SSSR count). The molecule has 0 aliphatic carbocycles. The number of aliphatic hydroxyl groups is 2. The van der Waals surface area contributed by atoms with Crippen LogP contribution >= 0.6 is 0 Å². The Morgan fingerprint density at radius 2 is 1.88 bits per heavy atom. The maximum absolute atomic E-state index is 13.8. The SMILES string of the molecule is O=c1cc(NC[C@@H](O)[C@@H](O)C2CCN(c3nccc4ccc(F)cc34)CC2)c2ccccc2o1. The number of halogens is 1. The summed E-state index contributed by atoms with van der Waals surface area (Å²) in [5.41, 5.74) is 0.537. The molecule has 1 saturated heterocycles. The van der Waals surface area contributed by atoms with Crippen molar-refractivity contribution in [1.82, 2.24) is 4.98 Å². The molecule has 0 bridgehead atoms. The van der Waals surface area contributed by atoms with E-state index in [-0.39, 0.29) is 18.3 Å². The van der Waals surface area contributed by atoms with Gasteiger partial charge in [0.1, 0.15) is 17.2 Å². The summed E-state index contributed by atoms with van der Waals surface area (Å²) in [5, 5.41) is 27.0. The normalized spacial score (nSPS) is 16.6. The van der Waals surface area contributed by atoms with E-state index in [0.29, 0.717) is 37.2 Å². The Hall–Kier alpha value is -3.49. The quantitative estimate of drug-likeness (QED) is 0.376. The van der Waals surface area contributed by atoms with Crippen molar-refractivity contribution in [2.45, 2.75) is 25.0 Å². The second-order valence-corrected chi connectivity index (χ2v) is 8.74. The number of aliphatic hydroxyl groups excluding tert-OH is 2. The first-order valence-electron chi connectivity index (χ1n) is 11.4. The van der Waals surface area contributed by atoms with E-state index in [0.717, 1.165) is 22.0 Å². The van der Waals surface area contributed by atoms with Gasteiger partial charge in [0.2, 0.25) is 0 Å². The molecule has 0 unspecified atom stereocenters. The molecular weight excluding hydrogens is 437 g/mol. The number of pyridine rings is 1. The van der Waals surface area contributed by atoms with Crippen molar-refractivity contribution in [3.63, 3.8) is 0 Å². The number of rotatable bonds is 6. The second kappa shape index (κ2) is 9.40. The maximum atomic E-state index is 13.8. The number of benzene rings is 2. The smallest absolute Gasteiger partial charge is 0.338 e. The number of nitrogens with zero attached hydrogens (tertiary/aromatic N) is 2. The Kier molecular flexibility index (Phi) is 6.17. The van der Waals surface area contributed by atoms with E-state index in [1.807, 2.05) is 18.2 Å². The maximum Gasteiger partial charge on any atom is 0.338 e. The minimum absolute atomic E-state index is 0.0858. The number of nitrogens with one attached hydrogen (secondary N) is 1. The van der Waals surface area contributed by atoms with Gasteiger partial charge in [-0.2, -0.15) is 0 Å². The Bertz CT molecular complexity index is 1370. The molecule has 2 atom stereocenters. The number of para-hydroxylation sites is 1. The van der Waals surface area contributed by atoms with Gasteiger partial charge < -0.3 is 24.8 Å². The lowest BCUT2D eigenvalue weighted by molar-refractivity contribution is -0.0166. The number of fused-ring (bicyclic) bond motifs is 2. The molecular formula is C26H26FN3O4. The molecule has 2 aromatic heterocycles. The van der Waals surface area contributed by atoms with E-state index in [4.69, 9.17) is 4.42 Å². The lowest BCUT2D eigenvalue weighted by atomic mass is 9.88. The second-order valence-electron chi connectivity index (χ2n) is 8.74. The summed E-state index contributed by atoms with van der Waals surface area (Å²) in [6, 6.07) is 15.0. The molecule has 8 heteroatoms. The molecule has 1 aliphatic rings. The van der Waals surface area contributed by atoms with E-state index in [1.54, 1.807) is 24.4 Å². The van der Waals surface area contributed by atoms with Crippen molar-refractivity contribution < 1.29 is 19.0 Å². The van der Waals surface area contributed by atoms with Crippen LogP contribution in [-0.4, -0.2) is 47.0 Å². The fourth-order valence-corrected chi connectivity index (χ4v) is 4.74. The van der Waals surface area contributed by atoms with Crippen LogP contribution in [0.2, 0.25) is 0 Å². The van der Waals surface area contributed by atoms with Crippen LogP contribution in [0.3, 0.4) is 0 Å². The van der Waals surface area contributed by atoms with E-state index >= 15 is 0 Å². The highest BCUT2D eigenvalue weighted by molar-refractivity contribution is 5.92. The third kappa shape index (κ3) is 4.47. The van der Waals surface area contributed by atoms with E-state index in [2.05, 4.69) is 15.2 Å². The average Bonchev–Trinajstić information content (AvgIpc) is 2.86. The van der Waals surface area contributed by atoms with Gasteiger partial charge in [0, 0.05) is 42.7 Å². The Morgan fingerprint density at radius 1 is 1.09 bits per heavy atom. The van der Waals surface area contributed by atoms with Gasteiger partial charge in [0.05, 0.1) is 17.9 Å². The number of anilines is 2. The fraction of sp³-hybridized carbons (Fsp3) is 0.308. The summed E-state index contributed by atoms with van der Waals surface area (Å²) < 4.78 is 19.0. The van der Waals surface area contributed by atoms with Crippen molar-refractivity contribution in [1.29, 1.82) is 0 Å².